The van der Waals surface area contributed by atoms with Gasteiger partial charge in [0.05, 0.1) is 23.1 Å². The topological polar surface area (TPSA) is 109 Å². The molecule has 0 radical (unpaired) electrons. The van der Waals surface area contributed by atoms with Crippen LogP contribution in [0.4, 0.5) is 5.00 Å². The highest BCUT2D eigenvalue weighted by Crippen LogP contribution is 2.38. The molecule has 0 bridgehead atoms. The first kappa shape index (κ1) is 26.0. The quantitative estimate of drug-likeness (QED) is 0.236. The van der Waals surface area contributed by atoms with Crippen LogP contribution in [0.25, 0.3) is 23.0 Å². The van der Waals surface area contributed by atoms with E-state index in [0.29, 0.717) is 34.1 Å². The first-order valence-electron chi connectivity index (χ1n) is 13.6. The van der Waals surface area contributed by atoms with E-state index in [4.69, 9.17) is 9.72 Å². The lowest BCUT2D eigenvalue weighted by Gasteiger charge is -2.15. The predicted molar refractivity (Wildman–Crippen MR) is 155 cm³/mol. The number of aromatic nitrogens is 2. The molecule has 1 aliphatic carbocycles. The third-order valence-corrected chi connectivity index (χ3v) is 8.61. The second-order valence-electron chi connectivity index (χ2n) is 10.0. The van der Waals surface area contributed by atoms with E-state index in [1.807, 2.05) is 59.1 Å². The van der Waals surface area contributed by atoms with Gasteiger partial charge in [-0.05, 0) is 62.3 Å². The van der Waals surface area contributed by atoms with E-state index in [-0.39, 0.29) is 17.6 Å². The summed E-state index contributed by atoms with van der Waals surface area (Å²) in [4.78, 5) is 32.8. The number of imidazole rings is 1. The van der Waals surface area contributed by atoms with Crippen LogP contribution in [0, 0.1) is 11.3 Å². The lowest BCUT2D eigenvalue weighted by atomic mass is 9.95. The number of amides is 2. The number of thiophene rings is 1. The number of anilines is 1. The molecule has 6 rings (SSSR count). The molecule has 0 saturated carbocycles. The third-order valence-electron chi connectivity index (χ3n) is 7.40. The summed E-state index contributed by atoms with van der Waals surface area (Å²) in [6.45, 7) is 1.16. The number of ether oxygens (including phenoxy) is 1. The molecule has 0 spiro atoms. The Morgan fingerprint density at radius 2 is 1.95 bits per heavy atom. The number of nitriles is 1. The fourth-order valence-corrected chi connectivity index (χ4v) is 6.69. The third kappa shape index (κ3) is 5.16. The maximum Gasteiger partial charge on any atom is 0.267 e. The van der Waals surface area contributed by atoms with Gasteiger partial charge < -0.3 is 15.4 Å². The van der Waals surface area contributed by atoms with Crippen LogP contribution < -0.4 is 10.6 Å². The number of pyridine rings is 1. The standard InChI is InChI=1S/C31H29N5O3S/c32-18-21(17-24-28(20-9-2-1-3-10-20)34-26-14-6-7-15-36(24)26)29(37)35-31-27(23-12-4-5-13-25(23)40-31)30(38)33-19-22-11-8-16-39-22/h1-3,6-7,9-10,14-15,17,22H,4-5,8,11-13,16,19H2,(H,33,38)(H,35,37)/b21-17+/t22-/m0/s1. The van der Waals surface area contributed by atoms with Crippen molar-refractivity contribution in [2.24, 2.45) is 0 Å². The van der Waals surface area contributed by atoms with Gasteiger partial charge in [0.15, 0.2) is 0 Å². The number of benzene rings is 1. The smallest absolute Gasteiger partial charge is 0.267 e. The Labute approximate surface area is 236 Å². The van der Waals surface area contributed by atoms with E-state index < -0.39 is 5.91 Å². The molecule has 4 aromatic rings. The van der Waals surface area contributed by atoms with Crippen molar-refractivity contribution < 1.29 is 14.3 Å². The molecule has 1 saturated heterocycles. The van der Waals surface area contributed by atoms with Gasteiger partial charge in [-0.3, -0.25) is 14.0 Å². The monoisotopic (exact) mass is 551 g/mol. The van der Waals surface area contributed by atoms with Crippen molar-refractivity contribution in [1.82, 2.24) is 14.7 Å². The van der Waals surface area contributed by atoms with Gasteiger partial charge in [0.1, 0.15) is 22.3 Å². The highest BCUT2D eigenvalue weighted by molar-refractivity contribution is 7.17. The van der Waals surface area contributed by atoms with Crippen molar-refractivity contribution in [1.29, 1.82) is 5.26 Å². The molecule has 9 heteroatoms. The Morgan fingerprint density at radius 1 is 1.12 bits per heavy atom. The molecule has 1 fully saturated rings. The number of hydrogen-bond acceptors (Lipinski definition) is 6. The predicted octanol–water partition coefficient (Wildman–Crippen LogP) is 5.40. The average molecular weight is 552 g/mol. The van der Waals surface area contributed by atoms with E-state index in [1.165, 1.54) is 11.3 Å². The molecule has 2 amide bonds. The number of aryl methyl sites for hydroxylation is 1. The van der Waals surface area contributed by atoms with E-state index in [2.05, 4.69) is 16.7 Å². The number of rotatable bonds is 7. The Kier molecular flexibility index (Phi) is 7.45. The highest BCUT2D eigenvalue weighted by atomic mass is 32.1. The zero-order chi connectivity index (χ0) is 27.5. The summed E-state index contributed by atoms with van der Waals surface area (Å²) in [5, 5.41) is 16.5. The first-order chi connectivity index (χ1) is 19.6. The summed E-state index contributed by atoms with van der Waals surface area (Å²) in [5.74, 6) is -0.764. The van der Waals surface area contributed by atoms with Crippen LogP contribution in [0.2, 0.25) is 0 Å². The molecule has 2 aliphatic rings. The zero-order valence-electron chi connectivity index (χ0n) is 22.0. The van der Waals surface area contributed by atoms with Gasteiger partial charge in [0.25, 0.3) is 11.8 Å². The highest BCUT2D eigenvalue weighted by Gasteiger charge is 2.28. The summed E-state index contributed by atoms with van der Waals surface area (Å²) in [6.07, 6.45) is 9.11. The van der Waals surface area contributed by atoms with Crippen LogP contribution in [0.1, 0.15) is 52.2 Å². The summed E-state index contributed by atoms with van der Waals surface area (Å²) in [5.41, 5.74) is 4.35. The Morgan fingerprint density at radius 3 is 2.75 bits per heavy atom. The van der Waals surface area contributed by atoms with Crippen LogP contribution in [0.3, 0.4) is 0 Å². The van der Waals surface area contributed by atoms with Crippen molar-refractivity contribution in [3.05, 3.63) is 82.0 Å². The SMILES string of the molecule is N#C/C(=C\c1c(-c2ccccc2)nc2ccccn12)C(=O)Nc1sc2c(c1C(=O)NC[C@@H]1CCCO1)CCCC2. The molecule has 1 aromatic carbocycles. The second kappa shape index (κ2) is 11.5. The van der Waals surface area contributed by atoms with E-state index in [0.717, 1.165) is 61.1 Å². The summed E-state index contributed by atoms with van der Waals surface area (Å²) in [6, 6.07) is 17.4. The van der Waals surface area contributed by atoms with Gasteiger partial charge in [0.2, 0.25) is 0 Å². The molecule has 1 aliphatic heterocycles. The minimum atomic E-state index is -0.556. The number of hydrogen-bond donors (Lipinski definition) is 2. The molecule has 0 unspecified atom stereocenters. The van der Waals surface area contributed by atoms with E-state index >= 15 is 0 Å². The minimum absolute atomic E-state index is 0.0221. The first-order valence-corrected chi connectivity index (χ1v) is 14.4. The van der Waals surface area contributed by atoms with Crippen molar-refractivity contribution in [2.45, 2.75) is 44.6 Å². The van der Waals surface area contributed by atoms with Crippen LogP contribution in [0.15, 0.2) is 60.3 Å². The molecule has 3 aromatic heterocycles. The minimum Gasteiger partial charge on any atom is -0.376 e. The largest absolute Gasteiger partial charge is 0.376 e. The number of nitrogens with one attached hydrogen (secondary N) is 2. The maximum atomic E-state index is 13.5. The Hall–Kier alpha value is -4.26. The van der Waals surface area contributed by atoms with E-state index in [9.17, 15) is 14.9 Å². The van der Waals surface area contributed by atoms with Gasteiger partial charge in [-0.2, -0.15) is 5.26 Å². The van der Waals surface area contributed by atoms with Crippen molar-refractivity contribution in [3.63, 3.8) is 0 Å². The lowest BCUT2D eigenvalue weighted by Crippen LogP contribution is -2.32. The summed E-state index contributed by atoms with van der Waals surface area (Å²) in [7, 11) is 0. The fraction of sp³-hybridized carbons (Fsp3) is 0.290. The Balaban J connectivity index is 1.33. The van der Waals surface area contributed by atoms with Crippen LogP contribution >= 0.6 is 11.3 Å². The van der Waals surface area contributed by atoms with Crippen LogP contribution in [0.5, 0.6) is 0 Å². The van der Waals surface area contributed by atoms with Crippen molar-refractivity contribution in [2.75, 3.05) is 18.5 Å². The van der Waals surface area contributed by atoms with Crippen molar-refractivity contribution >= 4 is 39.9 Å². The normalized spacial score (nSPS) is 16.9. The van der Waals surface area contributed by atoms with Gasteiger partial charge in [-0.1, -0.05) is 36.4 Å². The summed E-state index contributed by atoms with van der Waals surface area (Å²) < 4.78 is 7.53. The molecule has 40 heavy (non-hydrogen) atoms. The molecular weight excluding hydrogens is 522 g/mol. The second-order valence-corrected chi connectivity index (χ2v) is 11.1. The molecule has 4 heterocycles. The molecule has 1 atom stereocenters. The maximum absolute atomic E-state index is 13.5. The van der Waals surface area contributed by atoms with Crippen molar-refractivity contribution in [3.8, 4) is 17.3 Å². The zero-order valence-corrected chi connectivity index (χ0v) is 22.8. The molecule has 2 N–H and O–H groups in total. The summed E-state index contributed by atoms with van der Waals surface area (Å²) >= 11 is 1.44. The number of fused-ring (bicyclic) bond motifs is 2. The molecule has 8 nitrogen and oxygen atoms in total. The van der Waals surface area contributed by atoms with Gasteiger partial charge in [-0.25, -0.2) is 4.98 Å². The average Bonchev–Trinajstić information content (AvgIpc) is 3.72. The van der Waals surface area contributed by atoms with Gasteiger partial charge >= 0.3 is 0 Å². The number of nitrogens with zero attached hydrogens (tertiary/aromatic N) is 3. The van der Waals surface area contributed by atoms with Gasteiger partial charge in [0, 0.05) is 29.8 Å². The lowest BCUT2D eigenvalue weighted by molar-refractivity contribution is -0.112. The fourth-order valence-electron chi connectivity index (χ4n) is 5.41. The van der Waals surface area contributed by atoms with Gasteiger partial charge in [-0.15, -0.1) is 11.3 Å². The Bertz CT molecular complexity index is 1640. The molecular formula is C31H29N5O3S. The number of carbonyl (C=O) groups is 2. The molecule has 202 valence electrons. The van der Waals surface area contributed by atoms with E-state index in [1.54, 1.807) is 6.08 Å². The van der Waals surface area contributed by atoms with Crippen LogP contribution in [-0.4, -0.2) is 40.5 Å². The van der Waals surface area contributed by atoms with Crippen LogP contribution in [-0.2, 0) is 22.4 Å². The number of carbonyl (C=O) groups excluding carboxylic acids is 2.